The van der Waals surface area contributed by atoms with Crippen LogP contribution < -0.4 is 5.32 Å². The first kappa shape index (κ1) is 17.2. The van der Waals surface area contributed by atoms with E-state index in [1.54, 1.807) is 19.1 Å². The van der Waals surface area contributed by atoms with Gasteiger partial charge in [0.05, 0.1) is 4.92 Å². The lowest BCUT2D eigenvalue weighted by Crippen LogP contribution is -2.09. The SMILES string of the molecule is Cc1cc([N+](=O)[O-])ccc1NC(=O)/C=C/c1ccc(-c2ccccc2)o1. The quantitative estimate of drug-likeness (QED) is 0.407. The molecule has 0 aliphatic carbocycles. The van der Waals surface area contributed by atoms with Gasteiger partial charge >= 0.3 is 0 Å². The number of rotatable bonds is 5. The molecule has 0 saturated carbocycles. The molecule has 1 amide bonds. The van der Waals surface area contributed by atoms with E-state index in [1.165, 1.54) is 24.3 Å². The van der Waals surface area contributed by atoms with Crippen LogP contribution in [0.1, 0.15) is 11.3 Å². The molecule has 0 spiro atoms. The van der Waals surface area contributed by atoms with Crippen LogP contribution in [0.5, 0.6) is 0 Å². The van der Waals surface area contributed by atoms with Gasteiger partial charge in [0.2, 0.25) is 5.91 Å². The molecule has 0 saturated heterocycles. The molecule has 26 heavy (non-hydrogen) atoms. The highest BCUT2D eigenvalue weighted by Crippen LogP contribution is 2.23. The van der Waals surface area contributed by atoms with Crippen LogP contribution in [0.3, 0.4) is 0 Å². The summed E-state index contributed by atoms with van der Waals surface area (Å²) in [6.07, 6.45) is 2.93. The second kappa shape index (κ2) is 7.48. The zero-order valence-corrected chi connectivity index (χ0v) is 14.0. The van der Waals surface area contributed by atoms with E-state index < -0.39 is 4.92 Å². The Morgan fingerprint density at radius 3 is 2.58 bits per heavy atom. The monoisotopic (exact) mass is 348 g/mol. The number of anilines is 1. The normalized spacial score (nSPS) is 10.8. The molecule has 3 aromatic rings. The van der Waals surface area contributed by atoms with Crippen molar-refractivity contribution in [3.63, 3.8) is 0 Å². The van der Waals surface area contributed by atoms with Crippen molar-refractivity contribution in [2.24, 2.45) is 0 Å². The van der Waals surface area contributed by atoms with E-state index in [4.69, 9.17) is 4.42 Å². The van der Waals surface area contributed by atoms with Crippen LogP contribution in [0.25, 0.3) is 17.4 Å². The second-order valence-electron chi connectivity index (χ2n) is 5.65. The topological polar surface area (TPSA) is 85.4 Å². The maximum Gasteiger partial charge on any atom is 0.269 e. The summed E-state index contributed by atoms with van der Waals surface area (Å²) in [7, 11) is 0. The van der Waals surface area contributed by atoms with Gasteiger partial charge in [-0.05, 0) is 36.8 Å². The lowest BCUT2D eigenvalue weighted by atomic mass is 10.2. The maximum absolute atomic E-state index is 12.1. The number of benzene rings is 2. The molecule has 3 rings (SSSR count). The van der Waals surface area contributed by atoms with E-state index in [-0.39, 0.29) is 11.6 Å². The van der Waals surface area contributed by atoms with Crippen molar-refractivity contribution in [1.82, 2.24) is 0 Å². The minimum atomic E-state index is -0.472. The number of hydrogen-bond acceptors (Lipinski definition) is 4. The molecule has 1 aromatic heterocycles. The summed E-state index contributed by atoms with van der Waals surface area (Å²) < 4.78 is 5.69. The fraction of sp³-hybridized carbons (Fsp3) is 0.0500. The van der Waals surface area contributed by atoms with Crippen LogP contribution in [0.4, 0.5) is 11.4 Å². The highest BCUT2D eigenvalue weighted by molar-refractivity contribution is 6.02. The van der Waals surface area contributed by atoms with Crippen molar-refractivity contribution in [1.29, 1.82) is 0 Å². The Bertz CT molecular complexity index is 974. The number of amides is 1. The standard InChI is InChI=1S/C20H16N2O4/c1-14-13-16(22(24)25)7-10-18(14)21-20(23)12-9-17-8-11-19(26-17)15-5-3-2-4-6-15/h2-13H,1H3,(H,21,23)/b12-9+. The Morgan fingerprint density at radius 2 is 1.88 bits per heavy atom. The molecule has 1 N–H and O–H groups in total. The van der Waals surface area contributed by atoms with Crippen molar-refractivity contribution in [3.8, 4) is 11.3 Å². The van der Waals surface area contributed by atoms with Gasteiger partial charge in [-0.3, -0.25) is 14.9 Å². The molecule has 130 valence electrons. The third-order valence-electron chi connectivity index (χ3n) is 3.76. The molecule has 0 radical (unpaired) electrons. The van der Waals surface area contributed by atoms with Gasteiger partial charge in [-0.15, -0.1) is 0 Å². The largest absolute Gasteiger partial charge is 0.457 e. The highest BCUT2D eigenvalue weighted by atomic mass is 16.6. The molecule has 2 aromatic carbocycles. The number of nitrogens with one attached hydrogen (secondary N) is 1. The number of nitro groups is 1. The van der Waals surface area contributed by atoms with Gasteiger partial charge in [0.1, 0.15) is 11.5 Å². The number of nitrogens with zero attached hydrogens (tertiary/aromatic N) is 1. The number of non-ortho nitro benzene ring substituents is 1. The van der Waals surface area contributed by atoms with Gasteiger partial charge in [0.15, 0.2) is 0 Å². The first-order chi connectivity index (χ1) is 12.5. The number of carbonyl (C=O) groups excluding carboxylic acids is 1. The van der Waals surface area contributed by atoms with E-state index in [9.17, 15) is 14.9 Å². The van der Waals surface area contributed by atoms with Gasteiger partial charge in [-0.2, -0.15) is 0 Å². The number of furan rings is 1. The van der Waals surface area contributed by atoms with E-state index >= 15 is 0 Å². The summed E-state index contributed by atoms with van der Waals surface area (Å²) in [6, 6.07) is 17.6. The van der Waals surface area contributed by atoms with Crippen LogP contribution in [-0.4, -0.2) is 10.8 Å². The molecule has 6 nitrogen and oxygen atoms in total. The molecular formula is C20H16N2O4. The van der Waals surface area contributed by atoms with Crippen LogP contribution in [0.15, 0.2) is 71.2 Å². The predicted molar refractivity (Wildman–Crippen MR) is 99.6 cm³/mol. The minimum Gasteiger partial charge on any atom is -0.457 e. The Balaban J connectivity index is 1.67. The van der Waals surface area contributed by atoms with Crippen LogP contribution in [0, 0.1) is 17.0 Å². The summed E-state index contributed by atoms with van der Waals surface area (Å²) in [4.78, 5) is 22.3. The average molecular weight is 348 g/mol. The Hall–Kier alpha value is -3.67. The third kappa shape index (κ3) is 4.05. The van der Waals surface area contributed by atoms with E-state index in [0.29, 0.717) is 17.0 Å². The summed E-state index contributed by atoms with van der Waals surface area (Å²) in [5.41, 5.74) is 2.08. The molecule has 0 aliphatic heterocycles. The Morgan fingerprint density at radius 1 is 1.12 bits per heavy atom. The van der Waals surface area contributed by atoms with Crippen molar-refractivity contribution in [2.75, 3.05) is 5.32 Å². The lowest BCUT2D eigenvalue weighted by Gasteiger charge is -2.05. The minimum absolute atomic E-state index is 0.0138. The molecule has 0 unspecified atom stereocenters. The van der Waals surface area contributed by atoms with Gasteiger partial charge in [0.25, 0.3) is 5.69 Å². The van der Waals surface area contributed by atoms with Crippen molar-refractivity contribution >= 4 is 23.4 Å². The molecular weight excluding hydrogens is 332 g/mol. The third-order valence-corrected chi connectivity index (χ3v) is 3.76. The molecule has 0 fully saturated rings. The van der Waals surface area contributed by atoms with Gasteiger partial charge in [0, 0.05) is 29.5 Å². The summed E-state index contributed by atoms with van der Waals surface area (Å²) in [5, 5.41) is 13.4. The van der Waals surface area contributed by atoms with Crippen LogP contribution in [-0.2, 0) is 4.79 Å². The molecule has 6 heteroatoms. The molecule has 0 aliphatic rings. The van der Waals surface area contributed by atoms with Crippen LogP contribution in [0.2, 0.25) is 0 Å². The average Bonchev–Trinajstić information content (AvgIpc) is 3.11. The van der Waals surface area contributed by atoms with Gasteiger partial charge < -0.3 is 9.73 Å². The lowest BCUT2D eigenvalue weighted by molar-refractivity contribution is -0.384. The summed E-state index contributed by atoms with van der Waals surface area (Å²) in [6.45, 7) is 1.70. The second-order valence-corrected chi connectivity index (χ2v) is 5.65. The maximum atomic E-state index is 12.1. The number of carbonyl (C=O) groups is 1. The predicted octanol–water partition coefficient (Wildman–Crippen LogP) is 4.82. The first-order valence-electron chi connectivity index (χ1n) is 7.92. The molecule has 0 atom stereocenters. The number of hydrogen-bond donors (Lipinski definition) is 1. The van der Waals surface area contributed by atoms with E-state index in [1.807, 2.05) is 36.4 Å². The number of aryl methyl sites for hydroxylation is 1. The smallest absolute Gasteiger partial charge is 0.269 e. The fourth-order valence-electron chi connectivity index (χ4n) is 2.43. The van der Waals surface area contributed by atoms with E-state index in [2.05, 4.69) is 5.32 Å². The van der Waals surface area contributed by atoms with Gasteiger partial charge in [-0.25, -0.2) is 0 Å². The summed E-state index contributed by atoms with van der Waals surface area (Å²) in [5.74, 6) is 0.927. The fourth-order valence-corrected chi connectivity index (χ4v) is 2.43. The van der Waals surface area contributed by atoms with Crippen molar-refractivity contribution in [2.45, 2.75) is 6.92 Å². The van der Waals surface area contributed by atoms with Crippen molar-refractivity contribution in [3.05, 3.63) is 88.2 Å². The molecule has 0 bridgehead atoms. The Kier molecular flexibility index (Phi) is 4.94. The summed E-state index contributed by atoms with van der Waals surface area (Å²) >= 11 is 0. The highest BCUT2D eigenvalue weighted by Gasteiger charge is 2.09. The van der Waals surface area contributed by atoms with Crippen LogP contribution >= 0.6 is 0 Å². The van der Waals surface area contributed by atoms with E-state index in [0.717, 1.165) is 11.3 Å². The zero-order chi connectivity index (χ0) is 18.5. The number of nitro benzene ring substituents is 1. The Labute approximate surface area is 149 Å². The first-order valence-corrected chi connectivity index (χ1v) is 7.92. The van der Waals surface area contributed by atoms with Gasteiger partial charge in [-0.1, -0.05) is 30.3 Å². The van der Waals surface area contributed by atoms with Crippen molar-refractivity contribution < 1.29 is 14.1 Å². The molecule has 1 heterocycles. The zero-order valence-electron chi connectivity index (χ0n) is 14.0.